The van der Waals surface area contributed by atoms with E-state index in [0.29, 0.717) is 0 Å². The minimum absolute atomic E-state index is 1.15. The predicted octanol–water partition coefficient (Wildman–Crippen LogP) is 3.11. The van der Waals surface area contributed by atoms with E-state index >= 15 is 0 Å². The molecule has 84 valence electrons. The Kier molecular flexibility index (Phi) is 4.83. The lowest BCUT2D eigenvalue weighted by Gasteiger charge is -2.28. The topological polar surface area (TPSA) is 0 Å². The van der Waals surface area contributed by atoms with Gasteiger partial charge in [-0.2, -0.15) is 0 Å². The van der Waals surface area contributed by atoms with Gasteiger partial charge in [0.05, 0.1) is 27.2 Å². The molecule has 0 spiro atoms. The van der Waals surface area contributed by atoms with Gasteiger partial charge in [0.15, 0.2) is 0 Å². The van der Waals surface area contributed by atoms with E-state index in [9.17, 15) is 0 Å². The van der Waals surface area contributed by atoms with Crippen LogP contribution in [0.1, 0.15) is 25.3 Å². The maximum absolute atomic E-state index is 2.31. The Morgan fingerprint density at radius 1 is 1.00 bits per heavy atom. The number of aryl methyl sites for hydroxylation is 1. The molecule has 0 saturated heterocycles. The first-order chi connectivity index (χ1) is 7.14. The minimum atomic E-state index is 1.15. The average molecular weight is 206 g/mol. The van der Waals surface area contributed by atoms with Crippen molar-refractivity contribution in [3.8, 4) is 0 Å². The molecule has 0 N–H and O–H groups in total. The number of rotatable bonds is 6. The van der Waals surface area contributed by atoms with Crippen molar-refractivity contribution >= 4 is 0 Å². The molecule has 0 aliphatic rings. The van der Waals surface area contributed by atoms with Gasteiger partial charge in [-0.25, -0.2) is 0 Å². The Hall–Kier alpha value is -0.820. The van der Waals surface area contributed by atoms with Crippen LogP contribution in [0, 0.1) is 0 Å². The Morgan fingerprint density at radius 2 is 1.67 bits per heavy atom. The van der Waals surface area contributed by atoms with Gasteiger partial charge in [-0.05, 0) is 31.7 Å². The Balaban J connectivity index is 2.18. The summed E-state index contributed by atoms with van der Waals surface area (Å²) in [7, 11) is 4.62. The number of nitrogens with zero attached hydrogens (tertiary/aromatic N) is 1. The molecule has 1 aromatic carbocycles. The van der Waals surface area contributed by atoms with E-state index in [2.05, 4.69) is 51.4 Å². The predicted molar refractivity (Wildman–Crippen MR) is 66.9 cm³/mol. The van der Waals surface area contributed by atoms with Crippen molar-refractivity contribution in [2.45, 2.75) is 26.2 Å². The standard InChI is InChI=1S/C14H24N/c1-4-15(2,3)13-9-8-12-14-10-6-5-7-11-14/h5-7,10-11H,4,8-9,12-13H2,1-3H3/q+1. The molecule has 0 atom stereocenters. The van der Waals surface area contributed by atoms with Crippen molar-refractivity contribution in [3.05, 3.63) is 35.9 Å². The zero-order chi connectivity index (χ0) is 11.1. The zero-order valence-electron chi connectivity index (χ0n) is 10.4. The molecule has 0 unspecified atom stereocenters. The van der Waals surface area contributed by atoms with E-state index < -0.39 is 0 Å². The van der Waals surface area contributed by atoms with Crippen LogP contribution in [0.4, 0.5) is 0 Å². The van der Waals surface area contributed by atoms with E-state index in [1.54, 1.807) is 0 Å². The molecular weight excluding hydrogens is 182 g/mol. The molecule has 15 heavy (non-hydrogen) atoms. The molecule has 0 amide bonds. The largest absolute Gasteiger partial charge is 0.329 e. The van der Waals surface area contributed by atoms with Crippen LogP contribution in [-0.2, 0) is 6.42 Å². The monoisotopic (exact) mass is 206 g/mol. The van der Waals surface area contributed by atoms with Gasteiger partial charge in [-0.15, -0.1) is 0 Å². The number of unbranched alkanes of at least 4 members (excludes halogenated alkanes) is 1. The highest BCUT2D eigenvalue weighted by atomic mass is 15.3. The highest BCUT2D eigenvalue weighted by Gasteiger charge is 2.10. The van der Waals surface area contributed by atoms with Crippen LogP contribution in [-0.4, -0.2) is 31.7 Å². The lowest BCUT2D eigenvalue weighted by Crippen LogP contribution is -2.39. The second-order valence-corrected chi connectivity index (χ2v) is 4.92. The van der Waals surface area contributed by atoms with Crippen molar-refractivity contribution < 1.29 is 4.48 Å². The Labute approximate surface area is 94.3 Å². The third-order valence-electron chi connectivity index (χ3n) is 3.18. The van der Waals surface area contributed by atoms with Gasteiger partial charge in [0.1, 0.15) is 0 Å². The molecule has 0 aliphatic carbocycles. The molecule has 0 bridgehead atoms. The smallest absolute Gasteiger partial charge is 0.0782 e. The first-order valence-corrected chi connectivity index (χ1v) is 6.00. The van der Waals surface area contributed by atoms with E-state index in [1.165, 1.54) is 37.9 Å². The zero-order valence-corrected chi connectivity index (χ0v) is 10.4. The highest BCUT2D eigenvalue weighted by Crippen LogP contribution is 2.07. The normalized spacial score (nSPS) is 11.7. The van der Waals surface area contributed by atoms with Gasteiger partial charge in [0.25, 0.3) is 0 Å². The lowest BCUT2D eigenvalue weighted by atomic mass is 10.1. The first-order valence-electron chi connectivity index (χ1n) is 6.00. The number of hydrogen-bond donors (Lipinski definition) is 0. The Bertz CT molecular complexity index is 264. The van der Waals surface area contributed by atoms with Gasteiger partial charge in [0, 0.05) is 0 Å². The second kappa shape index (κ2) is 5.92. The Morgan fingerprint density at radius 3 is 2.27 bits per heavy atom. The molecule has 1 aromatic rings. The third kappa shape index (κ3) is 4.98. The van der Waals surface area contributed by atoms with Crippen molar-refractivity contribution in [2.75, 3.05) is 27.2 Å². The van der Waals surface area contributed by atoms with E-state index in [-0.39, 0.29) is 0 Å². The van der Waals surface area contributed by atoms with Crippen molar-refractivity contribution in [2.24, 2.45) is 0 Å². The van der Waals surface area contributed by atoms with E-state index in [0.717, 1.165) is 4.48 Å². The van der Waals surface area contributed by atoms with Crippen LogP contribution in [0.15, 0.2) is 30.3 Å². The van der Waals surface area contributed by atoms with Crippen molar-refractivity contribution in [1.82, 2.24) is 0 Å². The fourth-order valence-corrected chi connectivity index (χ4v) is 1.67. The lowest BCUT2D eigenvalue weighted by molar-refractivity contribution is -0.888. The van der Waals surface area contributed by atoms with E-state index in [1.807, 2.05) is 0 Å². The summed E-state index contributed by atoms with van der Waals surface area (Å²) in [4.78, 5) is 0. The maximum Gasteiger partial charge on any atom is 0.0782 e. The van der Waals surface area contributed by atoms with Crippen LogP contribution < -0.4 is 0 Å². The fraction of sp³-hybridized carbons (Fsp3) is 0.571. The van der Waals surface area contributed by atoms with E-state index in [4.69, 9.17) is 0 Å². The third-order valence-corrected chi connectivity index (χ3v) is 3.18. The number of quaternary nitrogens is 1. The fourth-order valence-electron chi connectivity index (χ4n) is 1.67. The van der Waals surface area contributed by atoms with Crippen LogP contribution in [0.25, 0.3) is 0 Å². The molecule has 1 nitrogen and oxygen atoms in total. The molecule has 0 aliphatic heterocycles. The molecule has 0 radical (unpaired) electrons. The van der Waals surface area contributed by atoms with Crippen molar-refractivity contribution in [1.29, 1.82) is 0 Å². The van der Waals surface area contributed by atoms with Gasteiger partial charge in [-0.3, -0.25) is 0 Å². The molecule has 0 aromatic heterocycles. The van der Waals surface area contributed by atoms with Gasteiger partial charge in [-0.1, -0.05) is 30.3 Å². The number of benzene rings is 1. The molecule has 1 heteroatoms. The minimum Gasteiger partial charge on any atom is -0.329 e. The summed E-state index contributed by atoms with van der Waals surface area (Å²) >= 11 is 0. The summed E-state index contributed by atoms with van der Waals surface area (Å²) < 4.78 is 1.15. The summed E-state index contributed by atoms with van der Waals surface area (Å²) in [6.07, 6.45) is 3.87. The first kappa shape index (κ1) is 12.3. The number of hydrogen-bond acceptors (Lipinski definition) is 0. The highest BCUT2D eigenvalue weighted by molar-refractivity contribution is 5.14. The molecule has 1 rings (SSSR count). The van der Waals surface area contributed by atoms with Crippen LogP contribution in [0.3, 0.4) is 0 Å². The second-order valence-electron chi connectivity index (χ2n) is 4.92. The summed E-state index contributed by atoms with van der Waals surface area (Å²) in [6, 6.07) is 10.8. The SMILES string of the molecule is CC[N+](C)(C)CCCCc1ccccc1. The summed E-state index contributed by atoms with van der Waals surface area (Å²) in [6.45, 7) is 4.78. The summed E-state index contributed by atoms with van der Waals surface area (Å²) in [5.41, 5.74) is 1.47. The molecule has 0 fully saturated rings. The molecular formula is C14H24N+. The van der Waals surface area contributed by atoms with Crippen LogP contribution in [0.2, 0.25) is 0 Å². The average Bonchev–Trinajstić information content (AvgIpc) is 2.26. The summed E-state index contributed by atoms with van der Waals surface area (Å²) in [5.74, 6) is 0. The quantitative estimate of drug-likeness (QED) is 0.495. The molecule has 0 heterocycles. The molecule has 0 saturated carbocycles. The maximum atomic E-state index is 2.31. The van der Waals surface area contributed by atoms with Crippen LogP contribution in [0.5, 0.6) is 0 Å². The van der Waals surface area contributed by atoms with Crippen LogP contribution >= 0.6 is 0 Å². The van der Waals surface area contributed by atoms with Gasteiger partial charge < -0.3 is 4.48 Å². The van der Waals surface area contributed by atoms with Gasteiger partial charge in [0.2, 0.25) is 0 Å². The van der Waals surface area contributed by atoms with Gasteiger partial charge >= 0.3 is 0 Å². The van der Waals surface area contributed by atoms with Crippen molar-refractivity contribution in [3.63, 3.8) is 0 Å². The summed E-state index contributed by atoms with van der Waals surface area (Å²) in [5, 5.41) is 0.